The lowest BCUT2D eigenvalue weighted by Crippen LogP contribution is -2.59. The van der Waals surface area contributed by atoms with Gasteiger partial charge in [-0.3, -0.25) is 0 Å². The Morgan fingerprint density at radius 1 is 0.500 bits per heavy atom. The van der Waals surface area contributed by atoms with Crippen molar-refractivity contribution in [1.82, 2.24) is 0 Å². The summed E-state index contributed by atoms with van der Waals surface area (Å²) in [6.07, 6.45) is -2.95. The first kappa shape index (κ1) is 27.7. The molecule has 6 nitrogen and oxygen atoms in total. The first-order valence-corrected chi connectivity index (χ1v) is 13.5. The molecular formula is C34H34O6. The summed E-state index contributed by atoms with van der Waals surface area (Å²) in [4.78, 5) is 13.4. The average Bonchev–Trinajstić information content (AvgIpc) is 3.01. The fraction of sp³-hybridized carbons (Fsp3) is 0.265. The van der Waals surface area contributed by atoms with Crippen LogP contribution in [-0.2, 0) is 54.9 Å². The maximum absolute atomic E-state index is 13.4. The first-order valence-electron chi connectivity index (χ1n) is 13.5. The largest absolute Gasteiger partial charge is 0.455 e. The van der Waals surface area contributed by atoms with Crippen LogP contribution >= 0.6 is 0 Å². The summed E-state index contributed by atoms with van der Waals surface area (Å²) in [6.45, 7) is 1.43. The molecule has 1 saturated heterocycles. The molecule has 0 spiro atoms. The highest BCUT2D eigenvalue weighted by Gasteiger charge is 2.48. The van der Waals surface area contributed by atoms with E-state index in [9.17, 15) is 4.79 Å². The normalized spacial score (nSPS) is 20.6. The molecule has 1 fully saturated rings. The average molecular weight is 539 g/mol. The van der Waals surface area contributed by atoms with Crippen molar-refractivity contribution in [2.24, 2.45) is 0 Å². The third kappa shape index (κ3) is 7.87. The molecule has 4 aromatic carbocycles. The van der Waals surface area contributed by atoms with Crippen LogP contribution in [0, 0.1) is 0 Å². The van der Waals surface area contributed by atoms with Crippen molar-refractivity contribution in [2.75, 3.05) is 6.61 Å². The molecule has 0 N–H and O–H groups in total. The van der Waals surface area contributed by atoms with Crippen LogP contribution in [-0.4, -0.2) is 37.0 Å². The fourth-order valence-corrected chi connectivity index (χ4v) is 4.64. The van der Waals surface area contributed by atoms with Gasteiger partial charge in [0.1, 0.15) is 12.2 Å². The van der Waals surface area contributed by atoms with E-state index >= 15 is 0 Å². The van der Waals surface area contributed by atoms with E-state index in [-0.39, 0.29) is 13.2 Å². The molecule has 4 atom stereocenters. The maximum Gasteiger partial charge on any atom is 0.338 e. The highest BCUT2D eigenvalue weighted by molar-refractivity contribution is 5.77. The second-order valence-electron chi connectivity index (χ2n) is 9.72. The summed E-state index contributed by atoms with van der Waals surface area (Å²) in [5.74, 6) is -0.484. The highest BCUT2D eigenvalue weighted by atomic mass is 16.6. The van der Waals surface area contributed by atoms with Gasteiger partial charge in [-0.1, -0.05) is 121 Å². The zero-order valence-electron chi connectivity index (χ0n) is 22.3. The van der Waals surface area contributed by atoms with Gasteiger partial charge in [0.25, 0.3) is 0 Å². The highest BCUT2D eigenvalue weighted by Crippen LogP contribution is 2.28. The molecule has 5 rings (SSSR count). The summed E-state index contributed by atoms with van der Waals surface area (Å²) < 4.78 is 31.0. The number of carbonyl (C=O) groups is 1. The van der Waals surface area contributed by atoms with Crippen LogP contribution in [0.15, 0.2) is 121 Å². The summed E-state index contributed by atoms with van der Waals surface area (Å²) in [5, 5.41) is 0. The molecule has 1 aliphatic rings. The minimum atomic E-state index is -0.963. The third-order valence-corrected chi connectivity index (χ3v) is 6.73. The van der Waals surface area contributed by atoms with E-state index < -0.39 is 30.4 Å². The van der Waals surface area contributed by atoms with Crippen molar-refractivity contribution >= 4 is 5.97 Å². The van der Waals surface area contributed by atoms with Crippen molar-refractivity contribution in [1.29, 1.82) is 0 Å². The van der Waals surface area contributed by atoms with Gasteiger partial charge in [-0.2, -0.15) is 0 Å². The smallest absolute Gasteiger partial charge is 0.338 e. The van der Waals surface area contributed by atoms with Crippen molar-refractivity contribution in [2.45, 2.75) is 50.8 Å². The third-order valence-electron chi connectivity index (χ3n) is 6.73. The molecule has 0 saturated carbocycles. The Hall–Kier alpha value is -3.81. The zero-order chi connectivity index (χ0) is 27.4. The Morgan fingerprint density at radius 2 is 0.900 bits per heavy atom. The maximum atomic E-state index is 13.4. The minimum Gasteiger partial charge on any atom is -0.455 e. The van der Waals surface area contributed by atoms with Gasteiger partial charge in [0, 0.05) is 0 Å². The van der Waals surface area contributed by atoms with Gasteiger partial charge < -0.3 is 23.7 Å². The lowest BCUT2D eigenvalue weighted by molar-refractivity contribution is -0.239. The first-order chi connectivity index (χ1) is 19.8. The van der Waals surface area contributed by atoms with E-state index in [4.69, 9.17) is 23.7 Å². The van der Waals surface area contributed by atoms with Gasteiger partial charge in [0.05, 0.1) is 33.0 Å². The SMILES string of the molecule is O=C1O[C@H](COCc2ccccc2)[C@@H](OCc2ccccc2)C(OCc2ccccc2)[C@H]1OCc1ccccc1. The molecule has 0 aromatic heterocycles. The predicted molar refractivity (Wildman–Crippen MR) is 151 cm³/mol. The quantitative estimate of drug-likeness (QED) is 0.198. The molecule has 0 aliphatic carbocycles. The second-order valence-corrected chi connectivity index (χ2v) is 9.72. The molecule has 0 radical (unpaired) electrons. The molecule has 1 unspecified atom stereocenters. The standard InChI is InChI=1S/C34H34O6/c35-34-33(39-24-29-19-11-4-12-20-29)32(38-23-28-17-9-3-10-18-28)31(37-22-27-15-7-2-8-16-27)30(40-34)25-36-21-26-13-5-1-6-14-26/h1-20,30-33H,21-25H2/t30-,31-,32?,33-/m1/s1. The predicted octanol–water partition coefficient (Wildman–Crippen LogP) is 5.88. The summed E-state index contributed by atoms with van der Waals surface area (Å²) in [5.41, 5.74) is 3.98. The number of benzene rings is 4. The molecule has 40 heavy (non-hydrogen) atoms. The van der Waals surface area contributed by atoms with Crippen molar-refractivity contribution in [3.05, 3.63) is 144 Å². The Labute approximate surface area is 235 Å². The Kier molecular flexibility index (Phi) is 10.1. The molecule has 206 valence electrons. The lowest BCUT2D eigenvalue weighted by atomic mass is 9.98. The number of rotatable bonds is 13. The van der Waals surface area contributed by atoms with E-state index in [1.54, 1.807) is 0 Å². The summed E-state index contributed by atoms with van der Waals surface area (Å²) >= 11 is 0. The van der Waals surface area contributed by atoms with Crippen molar-refractivity contribution < 1.29 is 28.5 Å². The van der Waals surface area contributed by atoms with Crippen LogP contribution < -0.4 is 0 Å². The van der Waals surface area contributed by atoms with Gasteiger partial charge in [-0.25, -0.2) is 4.79 Å². The van der Waals surface area contributed by atoms with Gasteiger partial charge in [-0.15, -0.1) is 0 Å². The van der Waals surface area contributed by atoms with Crippen LogP contribution in [0.2, 0.25) is 0 Å². The molecule has 1 aliphatic heterocycles. The van der Waals surface area contributed by atoms with Crippen molar-refractivity contribution in [3.8, 4) is 0 Å². The molecule has 4 aromatic rings. The van der Waals surface area contributed by atoms with Crippen LogP contribution in [0.1, 0.15) is 22.3 Å². The summed E-state index contributed by atoms with van der Waals surface area (Å²) in [7, 11) is 0. The number of hydrogen-bond acceptors (Lipinski definition) is 6. The van der Waals surface area contributed by atoms with Crippen LogP contribution in [0.4, 0.5) is 0 Å². The van der Waals surface area contributed by atoms with Crippen LogP contribution in [0.5, 0.6) is 0 Å². The Morgan fingerprint density at radius 3 is 1.38 bits per heavy atom. The van der Waals surface area contributed by atoms with Crippen LogP contribution in [0.25, 0.3) is 0 Å². The molecule has 6 heteroatoms. The molecular weight excluding hydrogens is 504 g/mol. The number of ether oxygens (including phenoxy) is 5. The molecule has 1 heterocycles. The van der Waals surface area contributed by atoms with E-state index in [1.165, 1.54) is 0 Å². The fourth-order valence-electron chi connectivity index (χ4n) is 4.64. The van der Waals surface area contributed by atoms with Gasteiger partial charge >= 0.3 is 5.97 Å². The second kappa shape index (κ2) is 14.5. The van der Waals surface area contributed by atoms with E-state index in [0.29, 0.717) is 19.8 Å². The Bertz CT molecular complexity index is 1280. The number of esters is 1. The number of cyclic esters (lactones) is 1. The van der Waals surface area contributed by atoms with Crippen LogP contribution in [0.3, 0.4) is 0 Å². The zero-order valence-corrected chi connectivity index (χ0v) is 22.3. The monoisotopic (exact) mass is 538 g/mol. The topological polar surface area (TPSA) is 63.2 Å². The van der Waals surface area contributed by atoms with Gasteiger partial charge in [-0.05, 0) is 22.3 Å². The van der Waals surface area contributed by atoms with Crippen molar-refractivity contribution in [3.63, 3.8) is 0 Å². The van der Waals surface area contributed by atoms with Gasteiger partial charge in [0.2, 0.25) is 0 Å². The van der Waals surface area contributed by atoms with E-state index in [0.717, 1.165) is 22.3 Å². The lowest BCUT2D eigenvalue weighted by Gasteiger charge is -2.41. The molecule has 0 bridgehead atoms. The number of carbonyl (C=O) groups excluding carboxylic acids is 1. The molecule has 0 amide bonds. The van der Waals surface area contributed by atoms with E-state index in [2.05, 4.69) is 0 Å². The Balaban J connectivity index is 1.36. The number of hydrogen-bond donors (Lipinski definition) is 0. The van der Waals surface area contributed by atoms with E-state index in [1.807, 2.05) is 121 Å². The minimum absolute atomic E-state index is 0.163. The summed E-state index contributed by atoms with van der Waals surface area (Å²) in [6, 6.07) is 39.4. The van der Waals surface area contributed by atoms with Gasteiger partial charge in [0.15, 0.2) is 12.2 Å².